The third kappa shape index (κ3) is 3.24. The minimum absolute atomic E-state index is 0.0884. The van der Waals surface area contributed by atoms with Gasteiger partial charge in [0.05, 0.1) is 4.92 Å². The van der Waals surface area contributed by atoms with Crippen LogP contribution >= 0.6 is 0 Å². The van der Waals surface area contributed by atoms with Gasteiger partial charge in [-0.25, -0.2) is 4.79 Å². The lowest BCUT2D eigenvalue weighted by Gasteiger charge is -2.02. The zero-order valence-corrected chi connectivity index (χ0v) is 7.58. The lowest BCUT2D eigenvalue weighted by molar-refractivity contribution is -0.384. The average Bonchev–Trinajstić information content (AvgIpc) is 2.18. The molecule has 0 spiro atoms. The van der Waals surface area contributed by atoms with Gasteiger partial charge in [0.1, 0.15) is 12.5 Å². The van der Waals surface area contributed by atoms with E-state index < -0.39 is 11.1 Å². The number of hydrogen-bond donors (Lipinski definition) is 1. The molecule has 15 heavy (non-hydrogen) atoms. The summed E-state index contributed by atoms with van der Waals surface area (Å²) in [6, 6.07) is 5.00. The first-order chi connectivity index (χ1) is 7.13. The molecule has 1 aromatic carbocycles. The van der Waals surface area contributed by atoms with E-state index in [0.717, 1.165) is 0 Å². The lowest BCUT2D eigenvalue weighted by atomic mass is 10.3. The maximum absolute atomic E-state index is 10.8. The number of nitrogens with two attached hydrogens (primary N) is 1. The minimum Gasteiger partial charge on any atom is -0.418 e. The molecule has 0 fully saturated rings. The van der Waals surface area contributed by atoms with Gasteiger partial charge in [-0.2, -0.15) is 0 Å². The van der Waals surface area contributed by atoms with E-state index in [1.165, 1.54) is 24.3 Å². The standard InChI is InChI=1S/C8H8N2O5/c9-5-14-8(11)15-7-3-1-6(2-4-7)10(12)13/h1-4H,5,9H2. The molecule has 0 aromatic heterocycles. The zero-order valence-electron chi connectivity index (χ0n) is 7.58. The molecule has 7 heteroatoms. The fourth-order valence-electron chi connectivity index (χ4n) is 0.830. The normalized spacial score (nSPS) is 9.40. The summed E-state index contributed by atoms with van der Waals surface area (Å²) in [6.07, 6.45) is -0.952. The predicted molar refractivity (Wildman–Crippen MR) is 49.3 cm³/mol. The molecular weight excluding hydrogens is 204 g/mol. The summed E-state index contributed by atoms with van der Waals surface area (Å²) in [7, 11) is 0. The Balaban J connectivity index is 2.64. The predicted octanol–water partition coefficient (Wildman–Crippen LogP) is 1.03. The summed E-state index contributed by atoms with van der Waals surface area (Å²) >= 11 is 0. The highest BCUT2D eigenvalue weighted by Gasteiger charge is 2.07. The van der Waals surface area contributed by atoms with Crippen LogP contribution in [0, 0.1) is 10.1 Å². The third-order valence-corrected chi connectivity index (χ3v) is 1.45. The second kappa shape index (κ2) is 4.91. The van der Waals surface area contributed by atoms with Gasteiger partial charge in [-0.3, -0.25) is 15.8 Å². The Bertz CT molecular complexity index is 362. The number of ether oxygens (including phenoxy) is 2. The van der Waals surface area contributed by atoms with Crippen LogP contribution < -0.4 is 10.5 Å². The van der Waals surface area contributed by atoms with E-state index in [2.05, 4.69) is 9.47 Å². The van der Waals surface area contributed by atoms with Gasteiger partial charge in [-0.05, 0) is 12.1 Å². The molecule has 0 bridgehead atoms. The van der Waals surface area contributed by atoms with Crippen molar-refractivity contribution in [2.45, 2.75) is 0 Å². The van der Waals surface area contributed by atoms with Gasteiger partial charge in [0.15, 0.2) is 0 Å². The number of benzene rings is 1. The highest BCUT2D eigenvalue weighted by Crippen LogP contribution is 2.17. The Labute approximate surface area is 84.5 Å². The van der Waals surface area contributed by atoms with Crippen molar-refractivity contribution in [1.82, 2.24) is 0 Å². The highest BCUT2D eigenvalue weighted by atomic mass is 16.7. The number of nitrogens with zero attached hydrogens (tertiary/aromatic N) is 1. The topological polar surface area (TPSA) is 105 Å². The molecule has 0 atom stereocenters. The quantitative estimate of drug-likeness (QED) is 0.263. The number of hydrogen-bond acceptors (Lipinski definition) is 6. The van der Waals surface area contributed by atoms with E-state index in [1.54, 1.807) is 0 Å². The van der Waals surface area contributed by atoms with E-state index in [0.29, 0.717) is 0 Å². The van der Waals surface area contributed by atoms with Crippen LogP contribution in [0.4, 0.5) is 10.5 Å². The Morgan fingerprint density at radius 3 is 2.47 bits per heavy atom. The van der Waals surface area contributed by atoms with Crippen LogP contribution in [0.2, 0.25) is 0 Å². The lowest BCUT2D eigenvalue weighted by Crippen LogP contribution is -2.15. The highest BCUT2D eigenvalue weighted by molar-refractivity contribution is 5.63. The molecule has 7 nitrogen and oxygen atoms in total. The molecule has 2 N–H and O–H groups in total. The Kier molecular flexibility index (Phi) is 3.58. The van der Waals surface area contributed by atoms with Crippen LogP contribution in [-0.2, 0) is 4.74 Å². The first-order valence-electron chi connectivity index (χ1n) is 3.92. The number of non-ortho nitro benzene ring substituents is 1. The molecule has 80 valence electrons. The van der Waals surface area contributed by atoms with Crippen LogP contribution in [-0.4, -0.2) is 17.8 Å². The molecule has 1 rings (SSSR count). The van der Waals surface area contributed by atoms with E-state index in [4.69, 9.17) is 5.73 Å². The molecule has 0 aliphatic heterocycles. The number of nitro benzene ring substituents is 1. The van der Waals surface area contributed by atoms with Crippen molar-refractivity contribution in [3.63, 3.8) is 0 Å². The number of nitro groups is 1. The van der Waals surface area contributed by atoms with Gasteiger partial charge in [-0.15, -0.1) is 0 Å². The van der Waals surface area contributed by atoms with Gasteiger partial charge in [0.25, 0.3) is 5.69 Å². The number of rotatable bonds is 3. The monoisotopic (exact) mass is 212 g/mol. The van der Waals surface area contributed by atoms with Crippen molar-refractivity contribution in [3.8, 4) is 5.75 Å². The zero-order chi connectivity index (χ0) is 11.3. The molecule has 0 saturated heterocycles. The third-order valence-electron chi connectivity index (χ3n) is 1.45. The largest absolute Gasteiger partial charge is 0.515 e. The first-order valence-corrected chi connectivity index (χ1v) is 3.92. The average molecular weight is 212 g/mol. The van der Waals surface area contributed by atoms with Crippen LogP contribution in [0.3, 0.4) is 0 Å². The van der Waals surface area contributed by atoms with E-state index in [9.17, 15) is 14.9 Å². The van der Waals surface area contributed by atoms with Crippen molar-refractivity contribution in [3.05, 3.63) is 34.4 Å². The Morgan fingerprint density at radius 2 is 2.00 bits per heavy atom. The summed E-state index contributed by atoms with van der Waals surface area (Å²) in [5, 5.41) is 10.3. The number of carbonyl (C=O) groups excluding carboxylic acids is 1. The molecule has 0 heterocycles. The molecule has 0 amide bonds. The maximum atomic E-state index is 10.8. The van der Waals surface area contributed by atoms with Crippen molar-refractivity contribution in [2.24, 2.45) is 5.73 Å². The minimum atomic E-state index is -0.952. The van der Waals surface area contributed by atoms with Crippen LogP contribution in [0.15, 0.2) is 24.3 Å². The fourth-order valence-corrected chi connectivity index (χ4v) is 0.830. The van der Waals surface area contributed by atoms with Crippen molar-refractivity contribution in [2.75, 3.05) is 6.73 Å². The summed E-state index contributed by atoms with van der Waals surface area (Å²) in [5.74, 6) is 0.152. The summed E-state index contributed by atoms with van der Waals surface area (Å²) in [5.41, 5.74) is 4.85. The summed E-state index contributed by atoms with van der Waals surface area (Å²) < 4.78 is 8.93. The number of carbonyl (C=O) groups is 1. The van der Waals surface area contributed by atoms with Gasteiger partial charge in [0.2, 0.25) is 0 Å². The fraction of sp³-hybridized carbons (Fsp3) is 0.125. The van der Waals surface area contributed by atoms with Crippen LogP contribution in [0.25, 0.3) is 0 Å². The molecular formula is C8H8N2O5. The van der Waals surface area contributed by atoms with E-state index >= 15 is 0 Å². The second-order valence-electron chi connectivity index (χ2n) is 2.41. The first kappa shape index (κ1) is 10.9. The van der Waals surface area contributed by atoms with Gasteiger partial charge in [-0.1, -0.05) is 0 Å². The van der Waals surface area contributed by atoms with Gasteiger partial charge < -0.3 is 9.47 Å². The molecule has 0 unspecified atom stereocenters. The SMILES string of the molecule is NCOC(=O)Oc1ccc([N+](=O)[O-])cc1. The van der Waals surface area contributed by atoms with E-state index in [-0.39, 0.29) is 18.2 Å². The van der Waals surface area contributed by atoms with Crippen LogP contribution in [0.1, 0.15) is 0 Å². The summed E-state index contributed by atoms with van der Waals surface area (Å²) in [6.45, 7) is -0.286. The molecule has 0 saturated carbocycles. The maximum Gasteiger partial charge on any atom is 0.515 e. The second-order valence-corrected chi connectivity index (χ2v) is 2.41. The van der Waals surface area contributed by atoms with Crippen LogP contribution in [0.5, 0.6) is 5.75 Å². The smallest absolute Gasteiger partial charge is 0.418 e. The molecule has 0 aliphatic carbocycles. The summed E-state index contributed by atoms with van der Waals surface area (Å²) in [4.78, 5) is 20.5. The van der Waals surface area contributed by atoms with E-state index in [1.807, 2.05) is 0 Å². The molecule has 0 aliphatic rings. The van der Waals surface area contributed by atoms with Crippen molar-refractivity contribution < 1.29 is 19.2 Å². The molecule has 1 aromatic rings. The Morgan fingerprint density at radius 1 is 1.40 bits per heavy atom. The van der Waals surface area contributed by atoms with Crippen molar-refractivity contribution in [1.29, 1.82) is 0 Å². The Hall–Kier alpha value is -2.15. The van der Waals surface area contributed by atoms with Gasteiger partial charge >= 0.3 is 6.16 Å². The molecule has 0 radical (unpaired) electrons. The van der Waals surface area contributed by atoms with Crippen molar-refractivity contribution >= 4 is 11.8 Å². The van der Waals surface area contributed by atoms with Gasteiger partial charge in [0, 0.05) is 12.1 Å².